The Morgan fingerprint density at radius 3 is 3.00 bits per heavy atom. The lowest BCUT2D eigenvalue weighted by molar-refractivity contribution is 0.199. The minimum atomic E-state index is -0.119. The molecule has 0 saturated carbocycles. The molecule has 3 rings (SSSR count). The van der Waals surface area contributed by atoms with Crippen molar-refractivity contribution in [1.82, 2.24) is 4.90 Å². The highest BCUT2D eigenvalue weighted by Crippen LogP contribution is 2.33. The topological polar surface area (TPSA) is 54.7 Å². The molecule has 2 amide bonds. The summed E-state index contributed by atoms with van der Waals surface area (Å²) in [4.78, 5) is 14.4. The Labute approximate surface area is 129 Å². The van der Waals surface area contributed by atoms with Crippen LogP contribution >= 0.6 is 0 Å². The Hall–Kier alpha value is -2.43. The number of ether oxygens (including phenoxy) is 1. The maximum atomic E-state index is 12.6. The molecule has 1 unspecified atom stereocenters. The van der Waals surface area contributed by atoms with Gasteiger partial charge >= 0.3 is 6.03 Å². The van der Waals surface area contributed by atoms with E-state index in [9.17, 15) is 4.79 Å². The monoisotopic (exact) mass is 300 g/mol. The summed E-state index contributed by atoms with van der Waals surface area (Å²) >= 11 is 0. The van der Waals surface area contributed by atoms with E-state index in [1.807, 2.05) is 48.2 Å². The maximum absolute atomic E-state index is 12.6. The van der Waals surface area contributed by atoms with E-state index >= 15 is 0 Å². The molecule has 5 nitrogen and oxygen atoms in total. The van der Waals surface area contributed by atoms with E-state index in [0.29, 0.717) is 18.0 Å². The summed E-state index contributed by atoms with van der Waals surface area (Å²) in [5, 5.41) is 2.95. The first-order chi connectivity index (χ1) is 10.8. The number of carbonyl (C=O) groups is 1. The van der Waals surface area contributed by atoms with Crippen molar-refractivity contribution in [1.29, 1.82) is 0 Å². The Morgan fingerprint density at radius 2 is 2.23 bits per heavy atom. The van der Waals surface area contributed by atoms with Crippen LogP contribution < -0.4 is 10.1 Å². The minimum absolute atomic E-state index is 0.00857. The van der Waals surface area contributed by atoms with Crippen molar-refractivity contribution in [3.8, 4) is 5.75 Å². The summed E-state index contributed by atoms with van der Waals surface area (Å²) in [6.07, 6.45) is 3.55. The van der Waals surface area contributed by atoms with E-state index in [-0.39, 0.29) is 12.1 Å². The average Bonchev–Trinajstić information content (AvgIpc) is 3.20. The molecule has 1 fully saturated rings. The van der Waals surface area contributed by atoms with Crippen LogP contribution in [0, 0.1) is 0 Å². The van der Waals surface area contributed by atoms with Gasteiger partial charge in [0.25, 0.3) is 0 Å². The Morgan fingerprint density at radius 1 is 1.36 bits per heavy atom. The molecule has 116 valence electrons. The highest BCUT2D eigenvalue weighted by Gasteiger charge is 2.32. The summed E-state index contributed by atoms with van der Waals surface area (Å²) < 4.78 is 11.0. The number of carbonyl (C=O) groups excluding carboxylic acids is 1. The average molecular weight is 300 g/mol. The molecule has 0 spiro atoms. The number of urea groups is 1. The first-order valence-electron chi connectivity index (χ1n) is 7.62. The highest BCUT2D eigenvalue weighted by molar-refractivity contribution is 5.91. The zero-order chi connectivity index (χ0) is 15.4. The number of hydrogen-bond acceptors (Lipinski definition) is 3. The first-order valence-corrected chi connectivity index (χ1v) is 7.62. The molecule has 22 heavy (non-hydrogen) atoms. The van der Waals surface area contributed by atoms with Gasteiger partial charge < -0.3 is 19.4 Å². The lowest BCUT2D eigenvalue weighted by atomic mass is 10.2. The van der Waals surface area contributed by atoms with Crippen LogP contribution in [-0.2, 0) is 0 Å². The smallest absolute Gasteiger partial charge is 0.322 e. The normalized spacial score (nSPS) is 17.5. The van der Waals surface area contributed by atoms with E-state index in [2.05, 4.69) is 5.32 Å². The molecule has 0 radical (unpaired) electrons. The molecule has 1 aromatic heterocycles. The molecule has 0 aliphatic carbocycles. The molecule has 1 saturated heterocycles. The molecule has 2 heterocycles. The molecule has 0 bridgehead atoms. The van der Waals surface area contributed by atoms with Crippen LogP contribution in [0.2, 0.25) is 0 Å². The third-order valence-electron chi connectivity index (χ3n) is 3.81. The predicted molar refractivity (Wildman–Crippen MR) is 84.0 cm³/mol. The SMILES string of the molecule is CCOc1ccccc1NC(=O)N1CCCC1c1ccco1. The van der Waals surface area contributed by atoms with Crippen molar-refractivity contribution in [3.63, 3.8) is 0 Å². The molecule has 5 heteroatoms. The number of anilines is 1. The van der Waals surface area contributed by atoms with E-state index in [1.165, 1.54) is 0 Å². The van der Waals surface area contributed by atoms with Crippen molar-refractivity contribution < 1.29 is 13.9 Å². The van der Waals surface area contributed by atoms with Crippen LogP contribution in [0.1, 0.15) is 31.6 Å². The van der Waals surface area contributed by atoms with Gasteiger partial charge in [0.05, 0.1) is 24.6 Å². The maximum Gasteiger partial charge on any atom is 0.322 e. The molecule has 1 aliphatic heterocycles. The van der Waals surface area contributed by atoms with Crippen LogP contribution in [0.3, 0.4) is 0 Å². The van der Waals surface area contributed by atoms with Gasteiger partial charge in [-0.3, -0.25) is 0 Å². The highest BCUT2D eigenvalue weighted by atomic mass is 16.5. The second kappa shape index (κ2) is 6.56. The van der Waals surface area contributed by atoms with E-state index < -0.39 is 0 Å². The molecule has 1 aliphatic rings. The molecule has 1 aromatic carbocycles. The van der Waals surface area contributed by atoms with Crippen molar-refractivity contribution >= 4 is 11.7 Å². The third-order valence-corrected chi connectivity index (χ3v) is 3.81. The second-order valence-electron chi connectivity index (χ2n) is 5.23. The van der Waals surface area contributed by atoms with Gasteiger partial charge in [0.1, 0.15) is 11.5 Å². The number of para-hydroxylation sites is 2. The fraction of sp³-hybridized carbons (Fsp3) is 0.353. The zero-order valence-electron chi connectivity index (χ0n) is 12.6. The van der Waals surface area contributed by atoms with Gasteiger partial charge in [-0.25, -0.2) is 4.79 Å². The van der Waals surface area contributed by atoms with E-state index in [4.69, 9.17) is 9.15 Å². The van der Waals surface area contributed by atoms with Crippen LogP contribution in [0.15, 0.2) is 47.1 Å². The molecular formula is C17H20N2O3. The van der Waals surface area contributed by atoms with Crippen molar-refractivity contribution in [2.45, 2.75) is 25.8 Å². The summed E-state index contributed by atoms with van der Waals surface area (Å²) in [5.41, 5.74) is 0.694. The Bertz CT molecular complexity index is 625. The Kier molecular flexibility index (Phi) is 4.32. The van der Waals surface area contributed by atoms with E-state index in [1.54, 1.807) is 6.26 Å². The van der Waals surface area contributed by atoms with Gasteiger partial charge in [-0.15, -0.1) is 0 Å². The lowest BCUT2D eigenvalue weighted by Gasteiger charge is -2.24. The molecular weight excluding hydrogens is 280 g/mol. The van der Waals surface area contributed by atoms with Gasteiger partial charge in [-0.1, -0.05) is 12.1 Å². The summed E-state index contributed by atoms with van der Waals surface area (Å²) in [6, 6.07) is 11.1. The fourth-order valence-electron chi connectivity index (χ4n) is 2.82. The van der Waals surface area contributed by atoms with Crippen molar-refractivity contribution in [3.05, 3.63) is 48.4 Å². The van der Waals surface area contributed by atoms with Gasteiger partial charge in [0.2, 0.25) is 0 Å². The summed E-state index contributed by atoms with van der Waals surface area (Å²) in [6.45, 7) is 3.21. The minimum Gasteiger partial charge on any atom is -0.492 e. The van der Waals surface area contributed by atoms with Crippen LogP contribution in [0.4, 0.5) is 10.5 Å². The zero-order valence-corrected chi connectivity index (χ0v) is 12.6. The number of benzene rings is 1. The van der Waals surface area contributed by atoms with E-state index in [0.717, 1.165) is 25.1 Å². The molecule has 1 atom stereocenters. The number of likely N-dealkylation sites (tertiary alicyclic amines) is 1. The molecule has 2 aromatic rings. The largest absolute Gasteiger partial charge is 0.492 e. The number of nitrogens with one attached hydrogen (secondary N) is 1. The van der Waals surface area contributed by atoms with Gasteiger partial charge in [-0.05, 0) is 44.0 Å². The van der Waals surface area contributed by atoms with Gasteiger partial charge in [0, 0.05) is 6.54 Å². The number of furan rings is 1. The quantitative estimate of drug-likeness (QED) is 0.927. The van der Waals surface area contributed by atoms with Crippen molar-refractivity contribution in [2.24, 2.45) is 0 Å². The standard InChI is InChI=1S/C17H20N2O3/c1-2-21-15-9-4-3-7-13(15)18-17(20)19-11-5-8-14(19)16-10-6-12-22-16/h3-4,6-7,9-10,12,14H,2,5,8,11H2,1H3,(H,18,20). The lowest BCUT2D eigenvalue weighted by Crippen LogP contribution is -2.34. The number of amides is 2. The van der Waals surface area contributed by atoms with Crippen molar-refractivity contribution in [2.75, 3.05) is 18.5 Å². The second-order valence-corrected chi connectivity index (χ2v) is 5.23. The van der Waals surface area contributed by atoms with Crippen LogP contribution in [0.25, 0.3) is 0 Å². The number of nitrogens with zero attached hydrogens (tertiary/aromatic N) is 1. The van der Waals surface area contributed by atoms with Crippen LogP contribution in [0.5, 0.6) is 5.75 Å². The fourth-order valence-corrected chi connectivity index (χ4v) is 2.82. The van der Waals surface area contributed by atoms with Gasteiger partial charge in [0.15, 0.2) is 0 Å². The Balaban J connectivity index is 1.74. The third kappa shape index (κ3) is 2.93. The number of hydrogen-bond donors (Lipinski definition) is 1. The van der Waals surface area contributed by atoms with Crippen LogP contribution in [-0.4, -0.2) is 24.1 Å². The molecule has 1 N–H and O–H groups in total. The summed E-state index contributed by atoms with van der Waals surface area (Å²) in [5.74, 6) is 1.53. The number of rotatable bonds is 4. The predicted octanol–water partition coefficient (Wildman–Crippen LogP) is 4.05. The first kappa shape index (κ1) is 14.5. The summed E-state index contributed by atoms with van der Waals surface area (Å²) in [7, 11) is 0. The van der Waals surface area contributed by atoms with Gasteiger partial charge in [-0.2, -0.15) is 0 Å².